The van der Waals surface area contributed by atoms with Gasteiger partial charge in [0.15, 0.2) is 6.61 Å². The van der Waals surface area contributed by atoms with E-state index in [9.17, 15) is 18.0 Å². The number of carbonyl (C=O) groups is 1. The maximum absolute atomic E-state index is 12.6. The first kappa shape index (κ1) is 17.2. The van der Waals surface area contributed by atoms with E-state index in [1.165, 1.54) is 23.5 Å². The number of para-hydroxylation sites is 1. The van der Waals surface area contributed by atoms with Gasteiger partial charge in [-0.25, -0.2) is 4.98 Å². The number of alkyl halides is 3. The highest BCUT2D eigenvalue weighted by Crippen LogP contribution is 2.31. The number of amides is 1. The molecule has 8 heteroatoms. The number of fused-ring (bicyclic) bond motifs is 1. The fourth-order valence-electron chi connectivity index (χ4n) is 2.13. The lowest BCUT2D eigenvalue weighted by Gasteiger charge is -2.10. The molecule has 0 radical (unpaired) electrons. The second-order valence-corrected chi connectivity index (χ2v) is 6.28. The maximum atomic E-state index is 12.6. The Morgan fingerprint density at radius 1 is 1.16 bits per heavy atom. The number of hydrogen-bond donors (Lipinski definition) is 1. The summed E-state index contributed by atoms with van der Waals surface area (Å²) in [5, 5.41) is 3.38. The first-order chi connectivity index (χ1) is 11.9. The number of benzene rings is 2. The van der Waals surface area contributed by atoms with Crippen molar-refractivity contribution in [3.05, 3.63) is 59.1 Å². The van der Waals surface area contributed by atoms with Crippen LogP contribution in [0.2, 0.25) is 0 Å². The molecule has 3 rings (SSSR count). The summed E-state index contributed by atoms with van der Waals surface area (Å²) >= 11 is 1.47. The number of carbonyl (C=O) groups excluding carboxylic acids is 1. The Morgan fingerprint density at radius 3 is 2.72 bits per heavy atom. The van der Waals surface area contributed by atoms with Crippen molar-refractivity contribution in [3.8, 4) is 5.75 Å². The topological polar surface area (TPSA) is 51.2 Å². The highest BCUT2D eigenvalue weighted by atomic mass is 32.1. The molecule has 0 aliphatic carbocycles. The summed E-state index contributed by atoms with van der Waals surface area (Å²) in [6.07, 6.45) is -4.45. The second kappa shape index (κ2) is 7.10. The molecular weight excluding hydrogens is 353 g/mol. The SMILES string of the molecule is O=C(COc1cccc(C(F)(F)F)c1)NCc1nc2ccccc2s1. The summed E-state index contributed by atoms with van der Waals surface area (Å²) in [4.78, 5) is 16.2. The van der Waals surface area contributed by atoms with Crippen LogP contribution in [0.15, 0.2) is 48.5 Å². The Kier molecular flexibility index (Phi) is 4.89. The number of ether oxygens (including phenoxy) is 1. The van der Waals surface area contributed by atoms with Gasteiger partial charge in [-0.05, 0) is 30.3 Å². The summed E-state index contributed by atoms with van der Waals surface area (Å²) < 4.78 is 44.0. The van der Waals surface area contributed by atoms with E-state index in [4.69, 9.17) is 4.74 Å². The summed E-state index contributed by atoms with van der Waals surface area (Å²) in [6, 6.07) is 12.0. The molecule has 1 N–H and O–H groups in total. The van der Waals surface area contributed by atoms with E-state index < -0.39 is 17.6 Å². The van der Waals surface area contributed by atoms with Crippen molar-refractivity contribution < 1.29 is 22.7 Å². The predicted octanol–water partition coefficient (Wildman–Crippen LogP) is 4.01. The number of hydrogen-bond acceptors (Lipinski definition) is 4. The van der Waals surface area contributed by atoms with E-state index in [-0.39, 0.29) is 18.9 Å². The molecule has 0 atom stereocenters. The van der Waals surface area contributed by atoms with Crippen LogP contribution in [-0.2, 0) is 17.5 Å². The molecule has 4 nitrogen and oxygen atoms in total. The van der Waals surface area contributed by atoms with Crippen LogP contribution in [0, 0.1) is 0 Å². The van der Waals surface area contributed by atoms with Gasteiger partial charge in [0, 0.05) is 0 Å². The van der Waals surface area contributed by atoms with Gasteiger partial charge in [0.25, 0.3) is 5.91 Å². The average molecular weight is 366 g/mol. The van der Waals surface area contributed by atoms with Crippen LogP contribution in [0.3, 0.4) is 0 Å². The molecule has 1 heterocycles. The number of rotatable bonds is 5. The summed E-state index contributed by atoms with van der Waals surface area (Å²) in [5.74, 6) is -0.443. The molecule has 25 heavy (non-hydrogen) atoms. The number of nitrogens with one attached hydrogen (secondary N) is 1. The van der Waals surface area contributed by atoms with Gasteiger partial charge in [-0.1, -0.05) is 18.2 Å². The van der Waals surface area contributed by atoms with Gasteiger partial charge in [0.05, 0.1) is 22.3 Å². The maximum Gasteiger partial charge on any atom is 0.416 e. The monoisotopic (exact) mass is 366 g/mol. The average Bonchev–Trinajstić information content (AvgIpc) is 3.00. The molecule has 3 aromatic rings. The molecule has 0 saturated heterocycles. The van der Waals surface area contributed by atoms with Gasteiger partial charge < -0.3 is 10.1 Å². The third-order valence-corrected chi connectivity index (χ3v) is 4.34. The third-order valence-electron chi connectivity index (χ3n) is 3.31. The number of nitrogens with zero attached hydrogens (tertiary/aromatic N) is 1. The minimum absolute atomic E-state index is 0.00929. The molecule has 0 fully saturated rings. The molecule has 1 amide bonds. The molecule has 2 aromatic carbocycles. The fraction of sp³-hybridized carbons (Fsp3) is 0.176. The smallest absolute Gasteiger partial charge is 0.416 e. The van der Waals surface area contributed by atoms with Crippen LogP contribution in [0.4, 0.5) is 13.2 Å². The van der Waals surface area contributed by atoms with Crippen LogP contribution in [-0.4, -0.2) is 17.5 Å². The van der Waals surface area contributed by atoms with Crippen molar-refractivity contribution in [3.63, 3.8) is 0 Å². The number of thiazole rings is 1. The molecular formula is C17H13F3N2O2S. The first-order valence-corrected chi connectivity index (χ1v) is 8.15. The van der Waals surface area contributed by atoms with E-state index in [2.05, 4.69) is 10.3 Å². The Morgan fingerprint density at radius 2 is 1.96 bits per heavy atom. The predicted molar refractivity (Wildman–Crippen MR) is 88.4 cm³/mol. The Bertz CT molecular complexity index is 860. The lowest BCUT2D eigenvalue weighted by Crippen LogP contribution is -2.28. The highest BCUT2D eigenvalue weighted by Gasteiger charge is 2.30. The standard InChI is InChI=1S/C17H13F3N2O2S/c18-17(19,20)11-4-3-5-12(8-11)24-10-15(23)21-9-16-22-13-6-1-2-7-14(13)25-16/h1-8H,9-10H2,(H,21,23). The normalized spacial score (nSPS) is 11.5. The Balaban J connectivity index is 1.53. The van der Waals surface area contributed by atoms with Crippen molar-refractivity contribution in [1.82, 2.24) is 10.3 Å². The zero-order chi connectivity index (χ0) is 17.9. The van der Waals surface area contributed by atoms with Gasteiger partial charge in [-0.3, -0.25) is 4.79 Å². The molecule has 0 aliphatic rings. The molecule has 0 spiro atoms. The van der Waals surface area contributed by atoms with Crippen molar-refractivity contribution in [1.29, 1.82) is 0 Å². The van der Waals surface area contributed by atoms with Gasteiger partial charge in [0.1, 0.15) is 10.8 Å². The van der Waals surface area contributed by atoms with Crippen LogP contribution < -0.4 is 10.1 Å². The zero-order valence-electron chi connectivity index (χ0n) is 12.8. The van der Waals surface area contributed by atoms with Crippen molar-refractivity contribution in [2.24, 2.45) is 0 Å². The zero-order valence-corrected chi connectivity index (χ0v) is 13.7. The van der Waals surface area contributed by atoms with Gasteiger partial charge in [-0.2, -0.15) is 13.2 Å². The quantitative estimate of drug-likeness (QED) is 0.742. The largest absolute Gasteiger partial charge is 0.484 e. The lowest BCUT2D eigenvalue weighted by molar-refractivity contribution is -0.137. The molecule has 0 saturated carbocycles. The van der Waals surface area contributed by atoms with Crippen LogP contribution in [0.1, 0.15) is 10.6 Å². The second-order valence-electron chi connectivity index (χ2n) is 5.17. The summed E-state index contributed by atoms with van der Waals surface area (Å²) in [7, 11) is 0. The number of aromatic nitrogens is 1. The highest BCUT2D eigenvalue weighted by molar-refractivity contribution is 7.18. The Labute approximate surface area is 145 Å². The third kappa shape index (κ3) is 4.48. The van der Waals surface area contributed by atoms with Crippen molar-refractivity contribution in [2.45, 2.75) is 12.7 Å². The van der Waals surface area contributed by atoms with Gasteiger partial charge in [-0.15, -0.1) is 11.3 Å². The van der Waals surface area contributed by atoms with Gasteiger partial charge >= 0.3 is 6.18 Å². The fourth-order valence-corrected chi connectivity index (χ4v) is 3.04. The van der Waals surface area contributed by atoms with E-state index in [1.807, 2.05) is 24.3 Å². The minimum atomic E-state index is -4.45. The molecule has 0 aliphatic heterocycles. The molecule has 0 unspecified atom stereocenters. The van der Waals surface area contributed by atoms with Crippen LogP contribution >= 0.6 is 11.3 Å². The van der Waals surface area contributed by atoms with Crippen molar-refractivity contribution in [2.75, 3.05) is 6.61 Å². The molecule has 0 bridgehead atoms. The Hall–Kier alpha value is -2.61. The van der Waals surface area contributed by atoms with E-state index >= 15 is 0 Å². The van der Waals surface area contributed by atoms with Crippen molar-refractivity contribution >= 4 is 27.5 Å². The summed E-state index contributed by atoms with van der Waals surface area (Å²) in [6.45, 7) is -0.129. The summed E-state index contributed by atoms with van der Waals surface area (Å²) in [5.41, 5.74) is 0.0387. The van der Waals surface area contributed by atoms with Crippen LogP contribution in [0.5, 0.6) is 5.75 Å². The van der Waals surface area contributed by atoms with Crippen LogP contribution in [0.25, 0.3) is 10.2 Å². The lowest BCUT2D eigenvalue weighted by atomic mass is 10.2. The molecule has 130 valence electrons. The van der Waals surface area contributed by atoms with E-state index in [0.717, 1.165) is 27.4 Å². The molecule has 1 aromatic heterocycles. The van der Waals surface area contributed by atoms with E-state index in [1.54, 1.807) is 0 Å². The number of halogens is 3. The minimum Gasteiger partial charge on any atom is -0.484 e. The first-order valence-electron chi connectivity index (χ1n) is 7.33. The van der Waals surface area contributed by atoms with E-state index in [0.29, 0.717) is 0 Å². The van der Waals surface area contributed by atoms with Gasteiger partial charge in [0.2, 0.25) is 0 Å².